The van der Waals surface area contributed by atoms with Crippen molar-refractivity contribution in [3.8, 4) is 11.5 Å². The highest BCUT2D eigenvalue weighted by Crippen LogP contribution is 2.30. The van der Waals surface area contributed by atoms with E-state index >= 15 is 0 Å². The third kappa shape index (κ3) is 4.10. The van der Waals surface area contributed by atoms with Crippen LogP contribution in [0, 0.1) is 0 Å². The van der Waals surface area contributed by atoms with Crippen molar-refractivity contribution in [1.29, 1.82) is 0 Å². The van der Waals surface area contributed by atoms with Gasteiger partial charge in [-0.05, 0) is 42.2 Å². The number of rotatable bonds is 7. The van der Waals surface area contributed by atoms with Gasteiger partial charge in [0.15, 0.2) is 11.5 Å². The van der Waals surface area contributed by atoms with Gasteiger partial charge in [0.05, 0.1) is 0 Å². The average Bonchev–Trinajstić information content (AvgIpc) is 2.42. The Morgan fingerprint density at radius 1 is 1.22 bits per heavy atom. The van der Waals surface area contributed by atoms with Gasteiger partial charge < -0.3 is 14.8 Å². The van der Waals surface area contributed by atoms with E-state index in [1.807, 2.05) is 17.8 Å². The van der Waals surface area contributed by atoms with E-state index in [2.05, 4.69) is 24.4 Å². The van der Waals surface area contributed by atoms with Crippen molar-refractivity contribution < 1.29 is 9.47 Å². The van der Waals surface area contributed by atoms with E-state index in [4.69, 9.17) is 9.47 Å². The number of ether oxygens (including phenoxy) is 2. The van der Waals surface area contributed by atoms with Crippen molar-refractivity contribution in [2.24, 2.45) is 0 Å². The molecule has 0 saturated carbocycles. The maximum atomic E-state index is 5.57. The van der Waals surface area contributed by atoms with Crippen LogP contribution in [0.4, 0.5) is 0 Å². The minimum atomic E-state index is 0.651. The van der Waals surface area contributed by atoms with E-state index in [1.54, 1.807) is 0 Å². The zero-order chi connectivity index (χ0) is 12.6. The van der Waals surface area contributed by atoms with E-state index in [1.165, 1.54) is 23.5 Å². The van der Waals surface area contributed by atoms with Crippen LogP contribution in [0.5, 0.6) is 11.5 Å². The van der Waals surface area contributed by atoms with Crippen LogP contribution >= 0.6 is 11.8 Å². The predicted octanol–water partition coefficient (Wildman–Crippen LogP) is 2.69. The Kier molecular flexibility index (Phi) is 5.68. The molecule has 0 saturated heterocycles. The van der Waals surface area contributed by atoms with Crippen molar-refractivity contribution in [3.63, 3.8) is 0 Å². The van der Waals surface area contributed by atoms with Crippen LogP contribution in [0.15, 0.2) is 18.2 Å². The molecule has 0 atom stereocenters. The summed E-state index contributed by atoms with van der Waals surface area (Å²) in [6, 6.07) is 6.17. The second-order valence-corrected chi connectivity index (χ2v) is 5.60. The standard InChI is InChI=1S/C14H21NO2S/c1-2-18-9-3-6-15-11-12-4-5-13-14(10-12)17-8-7-16-13/h4-5,10,15H,2-3,6-9,11H2,1H3. The average molecular weight is 267 g/mol. The molecule has 2 rings (SSSR count). The molecule has 1 N–H and O–H groups in total. The summed E-state index contributed by atoms with van der Waals surface area (Å²) < 4.78 is 11.1. The molecule has 0 fully saturated rings. The maximum absolute atomic E-state index is 5.57. The molecule has 0 amide bonds. The molecule has 1 aliphatic heterocycles. The van der Waals surface area contributed by atoms with Gasteiger partial charge in [-0.1, -0.05) is 13.0 Å². The normalized spacial score (nSPS) is 13.6. The minimum absolute atomic E-state index is 0.651. The Balaban J connectivity index is 1.72. The number of benzene rings is 1. The highest BCUT2D eigenvalue weighted by atomic mass is 32.2. The fourth-order valence-electron chi connectivity index (χ4n) is 1.87. The number of thioether (sulfide) groups is 1. The second-order valence-electron chi connectivity index (χ2n) is 4.21. The van der Waals surface area contributed by atoms with Gasteiger partial charge in [0.2, 0.25) is 0 Å². The first-order chi connectivity index (χ1) is 8.90. The molecule has 1 heterocycles. The molecular formula is C14H21NO2S. The van der Waals surface area contributed by atoms with Crippen molar-refractivity contribution in [3.05, 3.63) is 23.8 Å². The Labute approximate surface area is 113 Å². The lowest BCUT2D eigenvalue weighted by Crippen LogP contribution is -2.17. The van der Waals surface area contributed by atoms with Gasteiger partial charge in [-0.15, -0.1) is 0 Å². The molecule has 0 aromatic heterocycles. The van der Waals surface area contributed by atoms with E-state index in [9.17, 15) is 0 Å². The molecule has 4 heteroatoms. The molecule has 1 aromatic rings. The molecule has 0 unspecified atom stereocenters. The summed E-state index contributed by atoms with van der Waals surface area (Å²) in [5.41, 5.74) is 1.25. The van der Waals surface area contributed by atoms with Crippen molar-refractivity contribution in [2.75, 3.05) is 31.3 Å². The summed E-state index contributed by atoms with van der Waals surface area (Å²) in [7, 11) is 0. The summed E-state index contributed by atoms with van der Waals surface area (Å²) in [6.45, 7) is 5.47. The number of nitrogens with one attached hydrogen (secondary N) is 1. The van der Waals surface area contributed by atoms with Crippen molar-refractivity contribution in [1.82, 2.24) is 5.32 Å². The lowest BCUT2D eigenvalue weighted by Gasteiger charge is -2.19. The molecule has 100 valence electrons. The van der Waals surface area contributed by atoms with Crippen LogP contribution in [0.1, 0.15) is 18.9 Å². The monoisotopic (exact) mass is 267 g/mol. The van der Waals surface area contributed by atoms with Crippen LogP contribution in [0.2, 0.25) is 0 Å². The Morgan fingerprint density at radius 2 is 2.06 bits per heavy atom. The fraction of sp³-hybridized carbons (Fsp3) is 0.571. The third-order valence-electron chi connectivity index (χ3n) is 2.78. The molecule has 0 spiro atoms. The molecule has 0 radical (unpaired) electrons. The summed E-state index contributed by atoms with van der Waals surface area (Å²) in [5.74, 6) is 4.19. The van der Waals surface area contributed by atoms with E-state index in [-0.39, 0.29) is 0 Å². The zero-order valence-electron chi connectivity index (χ0n) is 10.9. The van der Waals surface area contributed by atoms with Crippen LogP contribution in [0.25, 0.3) is 0 Å². The molecule has 0 aliphatic carbocycles. The second kappa shape index (κ2) is 7.54. The van der Waals surface area contributed by atoms with Gasteiger partial charge in [-0.25, -0.2) is 0 Å². The topological polar surface area (TPSA) is 30.5 Å². The zero-order valence-corrected chi connectivity index (χ0v) is 11.7. The quantitative estimate of drug-likeness (QED) is 0.769. The third-order valence-corrected chi connectivity index (χ3v) is 3.77. The van der Waals surface area contributed by atoms with Gasteiger partial charge in [-0.2, -0.15) is 11.8 Å². The van der Waals surface area contributed by atoms with Gasteiger partial charge in [0, 0.05) is 6.54 Å². The van der Waals surface area contributed by atoms with Gasteiger partial charge >= 0.3 is 0 Å². The Bertz CT molecular complexity index is 371. The summed E-state index contributed by atoms with van der Waals surface area (Å²) in [4.78, 5) is 0. The van der Waals surface area contributed by atoms with Crippen LogP contribution < -0.4 is 14.8 Å². The smallest absolute Gasteiger partial charge is 0.161 e. The molecule has 18 heavy (non-hydrogen) atoms. The lowest BCUT2D eigenvalue weighted by atomic mass is 10.2. The first-order valence-electron chi connectivity index (χ1n) is 6.57. The van der Waals surface area contributed by atoms with E-state index in [0.29, 0.717) is 13.2 Å². The van der Waals surface area contributed by atoms with Crippen LogP contribution in [-0.2, 0) is 6.54 Å². The first kappa shape index (κ1) is 13.6. The number of hydrogen-bond donors (Lipinski definition) is 1. The highest BCUT2D eigenvalue weighted by Gasteiger charge is 2.11. The summed E-state index contributed by atoms with van der Waals surface area (Å²) in [5, 5.41) is 3.46. The van der Waals surface area contributed by atoms with E-state index in [0.717, 1.165) is 24.6 Å². The lowest BCUT2D eigenvalue weighted by molar-refractivity contribution is 0.171. The van der Waals surface area contributed by atoms with Crippen molar-refractivity contribution >= 4 is 11.8 Å². The molecular weight excluding hydrogens is 246 g/mol. The number of hydrogen-bond acceptors (Lipinski definition) is 4. The minimum Gasteiger partial charge on any atom is -0.486 e. The van der Waals surface area contributed by atoms with Gasteiger partial charge in [0.1, 0.15) is 13.2 Å². The maximum Gasteiger partial charge on any atom is 0.161 e. The van der Waals surface area contributed by atoms with Gasteiger partial charge in [0.25, 0.3) is 0 Å². The molecule has 1 aromatic carbocycles. The number of fused-ring (bicyclic) bond motifs is 1. The summed E-state index contributed by atoms with van der Waals surface area (Å²) in [6.07, 6.45) is 1.23. The largest absolute Gasteiger partial charge is 0.486 e. The fourth-order valence-corrected chi connectivity index (χ4v) is 2.51. The summed E-state index contributed by atoms with van der Waals surface area (Å²) >= 11 is 2.00. The Morgan fingerprint density at radius 3 is 2.89 bits per heavy atom. The van der Waals surface area contributed by atoms with Gasteiger partial charge in [-0.3, -0.25) is 0 Å². The first-order valence-corrected chi connectivity index (χ1v) is 7.72. The predicted molar refractivity (Wildman–Crippen MR) is 76.8 cm³/mol. The Hall–Kier alpha value is -0.870. The SMILES string of the molecule is CCSCCCNCc1ccc2c(c1)OCCO2. The molecule has 0 bridgehead atoms. The van der Waals surface area contributed by atoms with Crippen LogP contribution in [-0.4, -0.2) is 31.3 Å². The highest BCUT2D eigenvalue weighted by molar-refractivity contribution is 7.99. The van der Waals surface area contributed by atoms with E-state index < -0.39 is 0 Å². The van der Waals surface area contributed by atoms with Crippen LogP contribution in [0.3, 0.4) is 0 Å². The molecule has 3 nitrogen and oxygen atoms in total. The molecule has 1 aliphatic rings. The van der Waals surface area contributed by atoms with Crippen molar-refractivity contribution in [2.45, 2.75) is 19.9 Å².